The Hall–Kier alpha value is -2.10. The van der Waals surface area contributed by atoms with Crippen LogP contribution in [0.25, 0.3) is 0 Å². The average Bonchev–Trinajstić information content (AvgIpc) is 2.66. The van der Waals surface area contributed by atoms with Crippen LogP contribution >= 0.6 is 0 Å². The molecule has 1 saturated heterocycles. The van der Waals surface area contributed by atoms with Crippen LogP contribution in [0.2, 0.25) is 0 Å². The molecule has 0 bridgehead atoms. The Bertz CT molecular complexity index is 583. The van der Waals surface area contributed by atoms with Crippen LogP contribution in [0, 0.1) is 17.2 Å². The topological polar surface area (TPSA) is 65.8 Å². The smallest absolute Gasteiger partial charge is 0.226 e. The monoisotopic (exact) mass is 345 g/mol. The molecule has 0 saturated carbocycles. The molecule has 0 radical (unpaired) electrons. The van der Waals surface area contributed by atoms with Gasteiger partial charge < -0.3 is 14.4 Å². The number of carbonyl (C=O) groups is 1. The second kappa shape index (κ2) is 10.0. The van der Waals surface area contributed by atoms with Crippen molar-refractivity contribution in [1.82, 2.24) is 9.80 Å². The third-order valence-corrected chi connectivity index (χ3v) is 4.52. The van der Waals surface area contributed by atoms with Crippen LogP contribution in [-0.4, -0.2) is 69.3 Å². The van der Waals surface area contributed by atoms with E-state index in [1.54, 1.807) is 24.1 Å². The summed E-state index contributed by atoms with van der Waals surface area (Å²) in [5.74, 6) is 1.03. The second-order valence-corrected chi connectivity index (χ2v) is 6.38. The van der Waals surface area contributed by atoms with Gasteiger partial charge in [-0.3, -0.25) is 9.69 Å². The lowest BCUT2D eigenvalue weighted by Gasteiger charge is -2.33. The summed E-state index contributed by atoms with van der Waals surface area (Å²) in [7, 11) is 3.49. The molecule has 1 aromatic carbocycles. The van der Waals surface area contributed by atoms with E-state index in [0.29, 0.717) is 25.3 Å². The van der Waals surface area contributed by atoms with E-state index in [1.165, 1.54) is 0 Å². The lowest BCUT2D eigenvalue weighted by Crippen LogP contribution is -2.45. The minimum Gasteiger partial charge on any atom is -0.492 e. The summed E-state index contributed by atoms with van der Waals surface area (Å²) in [5, 5.41) is 8.80. The fourth-order valence-electron chi connectivity index (χ4n) is 3.03. The number of methoxy groups -OCH3 is 1. The maximum Gasteiger partial charge on any atom is 0.226 e. The molecule has 0 aromatic heterocycles. The fraction of sp³-hybridized carbons (Fsp3) is 0.579. The van der Waals surface area contributed by atoms with E-state index in [4.69, 9.17) is 14.7 Å². The number of amides is 1. The molecule has 2 rings (SSSR count). The van der Waals surface area contributed by atoms with Crippen LogP contribution in [0.1, 0.15) is 18.4 Å². The highest BCUT2D eigenvalue weighted by Gasteiger charge is 2.27. The summed E-state index contributed by atoms with van der Waals surface area (Å²) in [4.78, 5) is 16.6. The number of nitrogens with zero attached hydrogens (tertiary/aromatic N) is 3. The number of benzene rings is 1. The van der Waals surface area contributed by atoms with E-state index in [9.17, 15) is 4.79 Å². The van der Waals surface area contributed by atoms with Gasteiger partial charge in [-0.2, -0.15) is 5.26 Å². The van der Waals surface area contributed by atoms with Crippen molar-refractivity contribution in [1.29, 1.82) is 5.26 Å². The van der Waals surface area contributed by atoms with Gasteiger partial charge in [0.05, 0.1) is 24.2 Å². The Morgan fingerprint density at radius 3 is 2.80 bits per heavy atom. The predicted octanol–water partition coefficient (Wildman–Crippen LogP) is 1.75. The second-order valence-electron chi connectivity index (χ2n) is 6.38. The molecule has 6 nitrogen and oxygen atoms in total. The molecule has 25 heavy (non-hydrogen) atoms. The van der Waals surface area contributed by atoms with Crippen LogP contribution in [0.15, 0.2) is 24.3 Å². The summed E-state index contributed by atoms with van der Waals surface area (Å²) in [6.07, 6.45) is 1.98. The van der Waals surface area contributed by atoms with Gasteiger partial charge in [-0.15, -0.1) is 0 Å². The highest BCUT2D eigenvalue weighted by molar-refractivity contribution is 5.78. The average molecular weight is 345 g/mol. The largest absolute Gasteiger partial charge is 0.492 e. The quantitative estimate of drug-likeness (QED) is 0.718. The van der Waals surface area contributed by atoms with Gasteiger partial charge in [0.1, 0.15) is 12.4 Å². The minimum absolute atomic E-state index is 0.0607. The van der Waals surface area contributed by atoms with Crippen LogP contribution in [0.5, 0.6) is 5.75 Å². The number of likely N-dealkylation sites (N-methyl/N-ethyl adjacent to an activating group) is 1. The van der Waals surface area contributed by atoms with Crippen LogP contribution in [0.3, 0.4) is 0 Å². The molecule has 0 aliphatic carbocycles. The molecule has 1 amide bonds. The van der Waals surface area contributed by atoms with Crippen molar-refractivity contribution in [2.24, 2.45) is 5.92 Å². The van der Waals surface area contributed by atoms with Gasteiger partial charge in [-0.1, -0.05) is 0 Å². The van der Waals surface area contributed by atoms with Gasteiger partial charge in [0, 0.05) is 33.8 Å². The molecule has 6 heteroatoms. The summed E-state index contributed by atoms with van der Waals surface area (Å²) in [5.41, 5.74) is 0.627. The number of nitriles is 1. The van der Waals surface area contributed by atoms with Crippen molar-refractivity contribution < 1.29 is 14.3 Å². The molecule has 136 valence electrons. The van der Waals surface area contributed by atoms with Gasteiger partial charge in [0.25, 0.3) is 0 Å². The maximum absolute atomic E-state index is 12.5. The zero-order chi connectivity index (χ0) is 18.1. The lowest BCUT2D eigenvalue weighted by molar-refractivity contribution is -0.136. The normalized spacial score (nSPS) is 17.7. The number of likely N-dealkylation sites (tertiary alicyclic amines) is 1. The van der Waals surface area contributed by atoms with E-state index >= 15 is 0 Å². The Balaban J connectivity index is 1.75. The van der Waals surface area contributed by atoms with Crippen LogP contribution in [-0.2, 0) is 9.53 Å². The predicted molar refractivity (Wildman–Crippen MR) is 95.3 cm³/mol. The molecular formula is C19H27N3O3. The number of hydrogen-bond donors (Lipinski definition) is 0. The van der Waals surface area contributed by atoms with Gasteiger partial charge in [0.15, 0.2) is 0 Å². The summed E-state index contributed by atoms with van der Waals surface area (Å²) < 4.78 is 10.8. The zero-order valence-corrected chi connectivity index (χ0v) is 15.1. The standard InChI is InChI=1S/C19H27N3O3/c1-21(10-12-24-2)19(23)17-4-3-9-22(15-17)11-13-25-18-7-5-16(14-20)6-8-18/h5-8,17H,3-4,9-13,15H2,1-2H3/t17-/m0/s1. The van der Waals surface area contributed by atoms with E-state index in [-0.39, 0.29) is 11.8 Å². The van der Waals surface area contributed by atoms with E-state index in [1.807, 2.05) is 19.2 Å². The molecule has 1 aromatic rings. The first-order chi connectivity index (χ1) is 12.1. The number of piperidine rings is 1. The van der Waals surface area contributed by atoms with E-state index in [2.05, 4.69) is 11.0 Å². The van der Waals surface area contributed by atoms with Crippen LogP contribution < -0.4 is 4.74 Å². The summed E-state index contributed by atoms with van der Waals surface area (Å²) >= 11 is 0. The fourth-order valence-corrected chi connectivity index (χ4v) is 3.03. The van der Waals surface area contributed by atoms with Crippen molar-refractivity contribution in [2.45, 2.75) is 12.8 Å². The van der Waals surface area contributed by atoms with Crippen molar-refractivity contribution in [3.8, 4) is 11.8 Å². The van der Waals surface area contributed by atoms with E-state index in [0.717, 1.165) is 38.2 Å². The summed E-state index contributed by atoms with van der Waals surface area (Å²) in [6.45, 7) is 4.36. The molecule has 0 spiro atoms. The minimum atomic E-state index is 0.0607. The van der Waals surface area contributed by atoms with Crippen molar-refractivity contribution in [2.75, 3.05) is 53.6 Å². The van der Waals surface area contributed by atoms with Gasteiger partial charge >= 0.3 is 0 Å². The van der Waals surface area contributed by atoms with Gasteiger partial charge in [-0.25, -0.2) is 0 Å². The van der Waals surface area contributed by atoms with Crippen molar-refractivity contribution in [3.05, 3.63) is 29.8 Å². The van der Waals surface area contributed by atoms with Gasteiger partial charge in [0.2, 0.25) is 5.91 Å². The van der Waals surface area contributed by atoms with Crippen molar-refractivity contribution in [3.63, 3.8) is 0 Å². The maximum atomic E-state index is 12.5. The lowest BCUT2D eigenvalue weighted by atomic mass is 9.96. The Morgan fingerprint density at radius 1 is 1.36 bits per heavy atom. The molecule has 1 fully saturated rings. The number of rotatable bonds is 8. The highest BCUT2D eigenvalue weighted by Crippen LogP contribution is 2.18. The first-order valence-corrected chi connectivity index (χ1v) is 8.73. The Labute approximate surface area is 149 Å². The Morgan fingerprint density at radius 2 is 2.12 bits per heavy atom. The number of carbonyl (C=O) groups excluding carboxylic acids is 1. The van der Waals surface area contributed by atoms with Crippen molar-refractivity contribution >= 4 is 5.91 Å². The number of hydrogen-bond acceptors (Lipinski definition) is 5. The zero-order valence-electron chi connectivity index (χ0n) is 15.1. The molecule has 1 aliphatic rings. The molecule has 1 aliphatic heterocycles. The van der Waals surface area contributed by atoms with E-state index < -0.39 is 0 Å². The third-order valence-electron chi connectivity index (χ3n) is 4.52. The third kappa shape index (κ3) is 6.04. The molecular weight excluding hydrogens is 318 g/mol. The van der Waals surface area contributed by atoms with Gasteiger partial charge in [-0.05, 0) is 43.7 Å². The Kier molecular flexibility index (Phi) is 7.71. The van der Waals surface area contributed by atoms with Crippen LogP contribution in [0.4, 0.5) is 0 Å². The first kappa shape index (κ1) is 19.2. The summed E-state index contributed by atoms with van der Waals surface area (Å²) in [6, 6.07) is 9.22. The highest BCUT2D eigenvalue weighted by atomic mass is 16.5. The molecule has 0 unspecified atom stereocenters. The first-order valence-electron chi connectivity index (χ1n) is 8.73. The SMILES string of the molecule is COCCN(C)C(=O)[C@H]1CCCN(CCOc2ccc(C#N)cc2)C1. The number of ether oxygens (including phenoxy) is 2. The molecule has 1 atom stereocenters. The molecule has 1 heterocycles. The molecule has 0 N–H and O–H groups in total.